The molecule has 9 heteroatoms. The molecule has 0 aliphatic heterocycles. The van der Waals surface area contributed by atoms with Crippen LogP contribution in [0.15, 0.2) is 34.8 Å². The quantitative estimate of drug-likeness (QED) is 0.435. The van der Waals surface area contributed by atoms with Crippen LogP contribution in [0.2, 0.25) is 0 Å². The smallest absolute Gasteiger partial charge is 0.228 e. The van der Waals surface area contributed by atoms with Crippen molar-refractivity contribution in [3.8, 4) is 5.75 Å². The summed E-state index contributed by atoms with van der Waals surface area (Å²) in [4.78, 5) is 12.7. The number of methoxy groups -OCH3 is 1. The van der Waals surface area contributed by atoms with Gasteiger partial charge in [-0.3, -0.25) is 4.79 Å². The molecule has 1 aliphatic carbocycles. The third kappa shape index (κ3) is 5.05. The van der Waals surface area contributed by atoms with Gasteiger partial charge in [0.25, 0.3) is 0 Å². The number of benzene rings is 1. The molecule has 144 valence electrons. The number of halogens is 5. The van der Waals surface area contributed by atoms with Crippen LogP contribution < -0.4 is 15.4 Å². The number of allylic oxidation sites excluding steroid dienone is 1. The summed E-state index contributed by atoms with van der Waals surface area (Å²) in [5.41, 5.74) is 0.295. The van der Waals surface area contributed by atoms with Crippen LogP contribution in [-0.4, -0.2) is 23.0 Å². The molecule has 3 atom stereocenters. The number of nitrogens with one attached hydrogen (secondary N) is 2. The molecule has 26 heavy (non-hydrogen) atoms. The molecule has 1 aromatic carbocycles. The predicted molar refractivity (Wildman–Crippen MR) is 109 cm³/mol. The van der Waals surface area contributed by atoms with E-state index < -0.39 is 9.96 Å². The second kappa shape index (κ2) is 8.24. The Bertz CT molecular complexity index is 699. The van der Waals surface area contributed by atoms with Gasteiger partial charge in [-0.25, -0.2) is 0 Å². The third-order valence-electron chi connectivity index (χ3n) is 4.52. The van der Waals surface area contributed by atoms with Crippen LogP contribution in [0.4, 0.5) is 5.69 Å². The minimum atomic E-state index is -1.79. The summed E-state index contributed by atoms with van der Waals surface area (Å²) >= 11 is 29.7. The van der Waals surface area contributed by atoms with Crippen molar-refractivity contribution in [3.63, 3.8) is 0 Å². The van der Waals surface area contributed by atoms with Gasteiger partial charge in [0, 0.05) is 0 Å². The Hall–Kier alpha value is -0.520. The van der Waals surface area contributed by atoms with Crippen molar-refractivity contribution >= 4 is 69.6 Å². The zero-order valence-corrected chi connectivity index (χ0v) is 18.1. The van der Waals surface area contributed by atoms with Crippen molar-refractivity contribution in [3.05, 3.63) is 34.8 Å². The molecule has 1 fully saturated rings. The van der Waals surface area contributed by atoms with Gasteiger partial charge >= 0.3 is 0 Å². The highest BCUT2D eigenvalue weighted by atomic mass is 35.6. The van der Waals surface area contributed by atoms with E-state index >= 15 is 0 Å². The maximum atomic E-state index is 12.7. The molecule has 0 unspecified atom stereocenters. The first-order chi connectivity index (χ1) is 12.0. The third-order valence-corrected chi connectivity index (χ3v) is 5.43. The number of carbonyl (C=O) groups excluding carboxylic acids is 1. The van der Waals surface area contributed by atoms with E-state index in [1.165, 1.54) is 7.11 Å². The minimum Gasteiger partial charge on any atom is -0.495 e. The molecule has 0 radical (unpaired) electrons. The van der Waals surface area contributed by atoms with Gasteiger partial charge in [0.05, 0.1) is 18.7 Å². The monoisotopic (exact) mass is 458 g/mol. The second-order valence-corrected chi connectivity index (χ2v) is 9.99. The molecule has 0 saturated heterocycles. The molecule has 2 N–H and O–H groups in total. The highest BCUT2D eigenvalue weighted by Gasteiger charge is 2.61. The lowest BCUT2D eigenvalue weighted by Crippen LogP contribution is -2.50. The molecule has 4 nitrogen and oxygen atoms in total. The molecule has 2 rings (SSSR count). The van der Waals surface area contributed by atoms with Crippen LogP contribution in [0.5, 0.6) is 5.75 Å². The van der Waals surface area contributed by atoms with E-state index in [2.05, 4.69) is 10.6 Å². The summed E-state index contributed by atoms with van der Waals surface area (Å²) in [6, 6.07) is 7.13. The summed E-state index contributed by atoms with van der Waals surface area (Å²) in [6.07, 6.45) is 0.689. The lowest BCUT2D eigenvalue weighted by molar-refractivity contribution is -0.123. The first-order valence-corrected chi connectivity index (χ1v) is 9.67. The van der Waals surface area contributed by atoms with Gasteiger partial charge in [-0.15, -0.1) is 0 Å². The Kier molecular flexibility index (Phi) is 6.90. The van der Waals surface area contributed by atoms with Gasteiger partial charge < -0.3 is 15.4 Å². The standard InChI is InChI=1S/C17H19Cl5N2O2/c1-16(2)9(8-12(18)19)13(16)14(25)24-15(17(20,21)22)23-10-6-4-5-7-11(10)26-3/h4-9,13,15,23H,1-3H3,(H,24,25)/t9-,13+,15+/m1/s1. The second-order valence-electron chi connectivity index (χ2n) is 6.61. The first kappa shape index (κ1) is 21.8. The van der Waals surface area contributed by atoms with E-state index in [4.69, 9.17) is 62.7 Å². The van der Waals surface area contributed by atoms with Crippen LogP contribution in [0, 0.1) is 17.3 Å². The predicted octanol–water partition coefficient (Wildman–Crippen LogP) is 5.51. The van der Waals surface area contributed by atoms with Gasteiger partial charge in [-0.1, -0.05) is 84.0 Å². The topological polar surface area (TPSA) is 50.4 Å². The maximum absolute atomic E-state index is 12.7. The van der Waals surface area contributed by atoms with E-state index in [9.17, 15) is 4.79 Å². The van der Waals surface area contributed by atoms with E-state index in [0.29, 0.717) is 11.4 Å². The minimum absolute atomic E-state index is 0.0882. The Balaban J connectivity index is 2.17. The highest BCUT2D eigenvalue weighted by Crippen LogP contribution is 2.59. The molecule has 1 amide bonds. The van der Waals surface area contributed by atoms with Crippen molar-refractivity contribution in [1.82, 2.24) is 5.32 Å². The average molecular weight is 461 g/mol. The van der Waals surface area contributed by atoms with Crippen molar-refractivity contribution in [2.45, 2.75) is 23.8 Å². The van der Waals surface area contributed by atoms with E-state index in [1.807, 2.05) is 19.9 Å². The summed E-state index contributed by atoms with van der Waals surface area (Å²) in [7, 11) is 1.53. The average Bonchev–Trinajstić information content (AvgIpc) is 3.05. The van der Waals surface area contributed by atoms with Gasteiger partial charge in [0.15, 0.2) is 0 Å². The number of alkyl halides is 3. The fourth-order valence-corrected chi connectivity index (χ4v) is 3.58. The summed E-state index contributed by atoms with van der Waals surface area (Å²) < 4.78 is 3.62. The van der Waals surface area contributed by atoms with Crippen molar-refractivity contribution in [2.24, 2.45) is 17.3 Å². The first-order valence-electron chi connectivity index (χ1n) is 7.78. The van der Waals surface area contributed by atoms with Gasteiger partial charge in [0.1, 0.15) is 16.4 Å². The maximum Gasteiger partial charge on any atom is 0.228 e. The normalized spacial score (nSPS) is 22.2. The van der Waals surface area contributed by atoms with Gasteiger partial charge in [0.2, 0.25) is 9.70 Å². The highest BCUT2D eigenvalue weighted by molar-refractivity contribution is 6.68. The molecular weight excluding hydrogens is 441 g/mol. The Morgan fingerprint density at radius 1 is 1.27 bits per heavy atom. The van der Waals surface area contributed by atoms with Crippen LogP contribution >= 0.6 is 58.0 Å². The van der Waals surface area contributed by atoms with Crippen LogP contribution in [0.25, 0.3) is 0 Å². The number of rotatable bonds is 6. The molecular formula is C17H19Cl5N2O2. The van der Waals surface area contributed by atoms with Crippen LogP contribution in [-0.2, 0) is 4.79 Å². The fraction of sp³-hybridized carbons (Fsp3) is 0.471. The number of para-hydroxylation sites is 2. The largest absolute Gasteiger partial charge is 0.495 e. The van der Waals surface area contributed by atoms with Crippen molar-refractivity contribution in [2.75, 3.05) is 12.4 Å². The van der Waals surface area contributed by atoms with Crippen LogP contribution in [0.3, 0.4) is 0 Å². The van der Waals surface area contributed by atoms with E-state index in [1.54, 1.807) is 24.3 Å². The Labute approximate surface area is 178 Å². The number of ether oxygens (including phenoxy) is 1. The van der Waals surface area contributed by atoms with Crippen molar-refractivity contribution < 1.29 is 9.53 Å². The van der Waals surface area contributed by atoms with Gasteiger partial charge in [-0.2, -0.15) is 0 Å². The molecule has 0 bridgehead atoms. The zero-order chi connectivity index (χ0) is 19.7. The van der Waals surface area contributed by atoms with Gasteiger partial charge in [-0.05, 0) is 29.5 Å². The van der Waals surface area contributed by atoms with Crippen molar-refractivity contribution in [1.29, 1.82) is 0 Å². The van der Waals surface area contributed by atoms with Crippen LogP contribution in [0.1, 0.15) is 13.8 Å². The number of carbonyl (C=O) groups is 1. The summed E-state index contributed by atoms with van der Waals surface area (Å²) in [5, 5.41) is 5.78. The number of hydrogen-bond acceptors (Lipinski definition) is 3. The molecule has 1 saturated carbocycles. The SMILES string of the molecule is COc1ccccc1N[C@@H](NC(=O)[C@@H]1[C@@H](C=C(Cl)Cl)C1(C)C)C(Cl)(Cl)Cl. The Morgan fingerprint density at radius 2 is 1.88 bits per heavy atom. The lowest BCUT2D eigenvalue weighted by atomic mass is 10.1. The molecule has 0 spiro atoms. The summed E-state index contributed by atoms with van der Waals surface area (Å²) in [5.74, 6) is -0.119. The lowest BCUT2D eigenvalue weighted by Gasteiger charge is -2.28. The summed E-state index contributed by atoms with van der Waals surface area (Å²) in [6.45, 7) is 3.90. The molecule has 1 aromatic rings. The zero-order valence-electron chi connectivity index (χ0n) is 14.3. The Morgan fingerprint density at radius 3 is 2.42 bits per heavy atom. The number of amides is 1. The van der Waals surface area contributed by atoms with E-state index in [-0.39, 0.29) is 27.6 Å². The molecule has 0 heterocycles. The fourth-order valence-electron chi connectivity index (χ4n) is 2.98. The number of hydrogen-bond donors (Lipinski definition) is 2. The molecule has 0 aromatic heterocycles. The number of anilines is 1. The van der Waals surface area contributed by atoms with E-state index in [0.717, 1.165) is 0 Å². The molecule has 1 aliphatic rings.